The molecule has 0 fully saturated rings. The molecule has 3 nitrogen and oxygen atoms in total. The molecule has 100 valence electrons. The summed E-state index contributed by atoms with van der Waals surface area (Å²) in [5.74, 6) is 0.830. The molecule has 0 saturated heterocycles. The van der Waals surface area contributed by atoms with Gasteiger partial charge in [0.1, 0.15) is 0 Å². The fourth-order valence-corrected chi connectivity index (χ4v) is 3.95. The zero-order valence-corrected chi connectivity index (χ0v) is 12.3. The van der Waals surface area contributed by atoms with Crippen molar-refractivity contribution in [1.29, 1.82) is 0 Å². The van der Waals surface area contributed by atoms with Crippen LogP contribution in [-0.4, -0.2) is 23.9 Å². The van der Waals surface area contributed by atoms with Gasteiger partial charge in [-0.1, -0.05) is 6.92 Å². The maximum absolute atomic E-state index is 12.5. The molecule has 2 rings (SSSR count). The third-order valence-electron chi connectivity index (χ3n) is 3.80. The highest BCUT2D eigenvalue weighted by Crippen LogP contribution is 2.38. The van der Waals surface area contributed by atoms with Gasteiger partial charge in [0.25, 0.3) is 5.91 Å². The van der Waals surface area contributed by atoms with E-state index < -0.39 is 0 Å². The lowest BCUT2D eigenvalue weighted by Crippen LogP contribution is -2.31. The molecule has 0 bridgehead atoms. The summed E-state index contributed by atoms with van der Waals surface area (Å²) in [6, 6.07) is 0. The van der Waals surface area contributed by atoms with Crippen molar-refractivity contribution in [3.63, 3.8) is 0 Å². The molecule has 1 aromatic heterocycles. The molecule has 1 amide bonds. The first-order valence-corrected chi connectivity index (χ1v) is 7.59. The number of carbonyl (C=O) groups is 1. The van der Waals surface area contributed by atoms with E-state index in [1.54, 1.807) is 11.3 Å². The Morgan fingerprint density at radius 2 is 2.11 bits per heavy atom. The number of nitrogens with zero attached hydrogens (tertiary/aromatic N) is 1. The Kier molecular flexibility index (Phi) is 3.95. The predicted octanol–water partition coefficient (Wildman–Crippen LogP) is 2.94. The Bertz CT molecular complexity index is 449. The minimum atomic E-state index is 0.115. The van der Waals surface area contributed by atoms with Crippen molar-refractivity contribution in [2.45, 2.75) is 40.0 Å². The van der Waals surface area contributed by atoms with E-state index >= 15 is 0 Å². The highest BCUT2D eigenvalue weighted by molar-refractivity contribution is 7.16. The Labute approximate surface area is 113 Å². The average Bonchev–Trinajstić information content (AvgIpc) is 2.65. The Morgan fingerprint density at radius 3 is 2.72 bits per heavy atom. The van der Waals surface area contributed by atoms with Crippen LogP contribution in [0.2, 0.25) is 0 Å². The van der Waals surface area contributed by atoms with Crippen LogP contribution in [0.1, 0.15) is 48.0 Å². The number of hydrogen-bond donors (Lipinski definition) is 1. The van der Waals surface area contributed by atoms with E-state index in [1.165, 1.54) is 16.9 Å². The van der Waals surface area contributed by atoms with Crippen LogP contribution < -0.4 is 5.73 Å². The SMILES string of the molecule is CCN(CC)C(=O)c1c(N)sc2c1CCC(C)C2. The lowest BCUT2D eigenvalue weighted by Gasteiger charge is -2.22. The summed E-state index contributed by atoms with van der Waals surface area (Å²) in [5, 5.41) is 0.714. The number of rotatable bonds is 3. The van der Waals surface area contributed by atoms with Gasteiger partial charge in [-0.3, -0.25) is 4.79 Å². The fraction of sp³-hybridized carbons (Fsp3) is 0.643. The molecule has 18 heavy (non-hydrogen) atoms. The molecule has 2 N–H and O–H groups in total. The second-order valence-corrected chi connectivity index (χ2v) is 6.21. The summed E-state index contributed by atoms with van der Waals surface area (Å²) < 4.78 is 0. The molecule has 0 radical (unpaired) electrons. The minimum Gasteiger partial charge on any atom is -0.390 e. The van der Waals surface area contributed by atoms with Crippen LogP contribution >= 0.6 is 11.3 Å². The van der Waals surface area contributed by atoms with E-state index in [0.717, 1.165) is 31.5 Å². The van der Waals surface area contributed by atoms with Crippen molar-refractivity contribution in [3.8, 4) is 0 Å². The lowest BCUT2D eigenvalue weighted by atomic mass is 9.88. The summed E-state index contributed by atoms with van der Waals surface area (Å²) in [4.78, 5) is 15.7. The second kappa shape index (κ2) is 5.31. The molecule has 1 aliphatic carbocycles. The number of hydrogen-bond acceptors (Lipinski definition) is 3. The standard InChI is InChI=1S/C14H22N2OS/c1-4-16(5-2)14(17)12-10-7-6-9(3)8-11(10)18-13(12)15/h9H,4-8,15H2,1-3H3. The molecular weight excluding hydrogens is 244 g/mol. The van der Waals surface area contributed by atoms with Crippen LogP contribution in [0.3, 0.4) is 0 Å². The van der Waals surface area contributed by atoms with Crippen LogP contribution in [0.4, 0.5) is 5.00 Å². The maximum Gasteiger partial charge on any atom is 0.257 e. The molecular formula is C14H22N2OS. The number of nitrogen functional groups attached to an aromatic ring is 1. The molecule has 0 aliphatic heterocycles. The third kappa shape index (κ3) is 2.26. The number of thiophene rings is 1. The van der Waals surface area contributed by atoms with Gasteiger partial charge < -0.3 is 10.6 Å². The number of carbonyl (C=O) groups excluding carboxylic acids is 1. The number of nitrogens with two attached hydrogens (primary N) is 1. The molecule has 1 aromatic rings. The first kappa shape index (κ1) is 13.4. The normalized spacial score (nSPS) is 18.5. The number of fused-ring (bicyclic) bond motifs is 1. The van der Waals surface area contributed by atoms with Gasteiger partial charge in [0.05, 0.1) is 10.6 Å². The quantitative estimate of drug-likeness (QED) is 0.914. The fourth-order valence-electron chi connectivity index (χ4n) is 2.68. The van der Waals surface area contributed by atoms with E-state index in [9.17, 15) is 4.79 Å². The number of amides is 1. The topological polar surface area (TPSA) is 46.3 Å². The molecule has 1 aliphatic rings. The summed E-state index contributed by atoms with van der Waals surface area (Å²) >= 11 is 1.62. The Balaban J connectivity index is 2.37. The highest BCUT2D eigenvalue weighted by atomic mass is 32.1. The lowest BCUT2D eigenvalue weighted by molar-refractivity contribution is 0.0773. The third-order valence-corrected chi connectivity index (χ3v) is 4.89. The maximum atomic E-state index is 12.5. The van der Waals surface area contributed by atoms with Crippen LogP contribution in [0.15, 0.2) is 0 Å². The summed E-state index contributed by atoms with van der Waals surface area (Å²) in [6.07, 6.45) is 3.25. The van der Waals surface area contributed by atoms with Crippen molar-refractivity contribution in [2.75, 3.05) is 18.8 Å². The molecule has 0 saturated carbocycles. The predicted molar refractivity (Wildman–Crippen MR) is 77.2 cm³/mol. The first-order chi connectivity index (χ1) is 8.58. The van der Waals surface area contributed by atoms with Crippen molar-refractivity contribution in [2.24, 2.45) is 5.92 Å². The largest absolute Gasteiger partial charge is 0.390 e. The minimum absolute atomic E-state index is 0.115. The van der Waals surface area contributed by atoms with E-state index in [4.69, 9.17) is 5.73 Å². The van der Waals surface area contributed by atoms with Crippen LogP contribution in [0.25, 0.3) is 0 Å². The van der Waals surface area contributed by atoms with Gasteiger partial charge in [-0.25, -0.2) is 0 Å². The zero-order valence-electron chi connectivity index (χ0n) is 11.5. The van der Waals surface area contributed by atoms with E-state index in [1.807, 2.05) is 18.7 Å². The van der Waals surface area contributed by atoms with Crippen molar-refractivity contribution in [3.05, 3.63) is 16.0 Å². The molecule has 0 aromatic carbocycles. The summed E-state index contributed by atoms with van der Waals surface area (Å²) in [5.41, 5.74) is 8.11. The molecule has 1 heterocycles. The van der Waals surface area contributed by atoms with E-state index in [2.05, 4.69) is 6.92 Å². The van der Waals surface area contributed by atoms with Crippen molar-refractivity contribution >= 4 is 22.2 Å². The smallest absolute Gasteiger partial charge is 0.257 e. The van der Waals surface area contributed by atoms with E-state index in [0.29, 0.717) is 10.9 Å². The monoisotopic (exact) mass is 266 g/mol. The second-order valence-electron chi connectivity index (χ2n) is 5.07. The van der Waals surface area contributed by atoms with Crippen LogP contribution in [-0.2, 0) is 12.8 Å². The molecule has 0 spiro atoms. The number of anilines is 1. The molecule has 4 heteroatoms. The van der Waals surface area contributed by atoms with E-state index in [-0.39, 0.29) is 5.91 Å². The Hall–Kier alpha value is -1.03. The highest BCUT2D eigenvalue weighted by Gasteiger charge is 2.28. The van der Waals surface area contributed by atoms with Gasteiger partial charge >= 0.3 is 0 Å². The van der Waals surface area contributed by atoms with Gasteiger partial charge in [-0.15, -0.1) is 11.3 Å². The van der Waals surface area contributed by atoms with Gasteiger partial charge in [0, 0.05) is 18.0 Å². The van der Waals surface area contributed by atoms with Gasteiger partial charge in [0.15, 0.2) is 0 Å². The molecule has 1 unspecified atom stereocenters. The van der Waals surface area contributed by atoms with Crippen molar-refractivity contribution in [1.82, 2.24) is 4.90 Å². The zero-order chi connectivity index (χ0) is 13.3. The van der Waals surface area contributed by atoms with Crippen LogP contribution in [0.5, 0.6) is 0 Å². The average molecular weight is 266 g/mol. The summed E-state index contributed by atoms with van der Waals surface area (Å²) in [7, 11) is 0. The first-order valence-electron chi connectivity index (χ1n) is 6.77. The Morgan fingerprint density at radius 1 is 1.44 bits per heavy atom. The van der Waals surface area contributed by atoms with Crippen molar-refractivity contribution < 1.29 is 4.79 Å². The van der Waals surface area contributed by atoms with Gasteiger partial charge in [-0.2, -0.15) is 0 Å². The summed E-state index contributed by atoms with van der Waals surface area (Å²) in [6.45, 7) is 7.79. The van der Waals surface area contributed by atoms with Gasteiger partial charge in [-0.05, 0) is 44.6 Å². The molecule has 1 atom stereocenters. The van der Waals surface area contributed by atoms with Gasteiger partial charge in [0.2, 0.25) is 0 Å². The van der Waals surface area contributed by atoms with Crippen LogP contribution in [0, 0.1) is 5.92 Å².